The van der Waals surface area contributed by atoms with E-state index in [1.807, 2.05) is 11.5 Å². The molecule has 0 atom stereocenters. The third kappa shape index (κ3) is 3.41. The van der Waals surface area contributed by atoms with Gasteiger partial charge in [-0.2, -0.15) is 5.26 Å². The number of nitrogens with one attached hydrogen (secondary N) is 1. The summed E-state index contributed by atoms with van der Waals surface area (Å²) in [5.41, 5.74) is 1.85. The van der Waals surface area contributed by atoms with Crippen LogP contribution in [0.25, 0.3) is 0 Å². The van der Waals surface area contributed by atoms with Crippen LogP contribution in [0.5, 0.6) is 0 Å². The van der Waals surface area contributed by atoms with Crippen LogP contribution in [0.3, 0.4) is 0 Å². The van der Waals surface area contributed by atoms with Crippen LogP contribution in [0, 0.1) is 11.3 Å². The Labute approximate surface area is 36.7 Å². The molecule has 1 N–H and O–H groups in total. The van der Waals surface area contributed by atoms with Crippen molar-refractivity contribution in [2.24, 2.45) is 0 Å². The highest BCUT2D eigenvalue weighted by molar-refractivity contribution is 4.68. The Kier molecular flexibility index (Phi) is 3.98. The molecule has 0 bridgehead atoms. The first-order valence-corrected chi connectivity index (χ1v) is 1.65. The van der Waals surface area contributed by atoms with Crippen molar-refractivity contribution in [1.82, 2.24) is 11.3 Å². The maximum Gasteiger partial charge on any atom is 0.0635 e. The van der Waals surface area contributed by atoms with Gasteiger partial charge in [0.25, 0.3) is 0 Å². The van der Waals surface area contributed by atoms with Gasteiger partial charge in [0.2, 0.25) is 0 Å². The zero-order valence-corrected chi connectivity index (χ0v) is 3.31. The largest absolute Gasteiger partial charge is 0.221 e. The molecular formula is C3H5N3. The molecule has 0 unspecified atom stereocenters. The van der Waals surface area contributed by atoms with Crippen LogP contribution in [0.4, 0.5) is 0 Å². The second-order valence-electron chi connectivity index (χ2n) is 0.816. The van der Waals surface area contributed by atoms with Gasteiger partial charge in [-0.15, -0.1) is 0 Å². The molecule has 2 radical (unpaired) electrons. The maximum atomic E-state index is 7.80. The van der Waals surface area contributed by atoms with Gasteiger partial charge in [-0.3, -0.25) is 0 Å². The molecule has 0 rings (SSSR count). The quantitative estimate of drug-likeness (QED) is 0.360. The van der Waals surface area contributed by atoms with Gasteiger partial charge in [-0.25, -0.2) is 5.43 Å². The molecule has 0 saturated heterocycles. The van der Waals surface area contributed by atoms with Gasteiger partial charge in [0, 0.05) is 13.0 Å². The van der Waals surface area contributed by atoms with E-state index in [1.165, 1.54) is 0 Å². The first kappa shape index (κ1) is 5.41. The average Bonchev–Trinajstić information content (AvgIpc) is 1.61. The molecule has 6 heavy (non-hydrogen) atoms. The summed E-state index contributed by atoms with van der Waals surface area (Å²) in [6.45, 7) is 0.358. The van der Waals surface area contributed by atoms with Crippen molar-refractivity contribution in [3.63, 3.8) is 0 Å². The zero-order valence-electron chi connectivity index (χ0n) is 3.31. The fraction of sp³-hybridized carbons (Fsp3) is 0.667. The normalized spacial score (nSPS) is 7.33. The van der Waals surface area contributed by atoms with Crippen LogP contribution in [-0.4, -0.2) is 6.54 Å². The molecule has 0 amide bonds. The molecule has 0 spiro atoms. The summed E-state index contributed by atoms with van der Waals surface area (Å²) in [7, 11) is 0. The highest BCUT2D eigenvalue weighted by Crippen LogP contribution is 1.63. The molecule has 0 aromatic carbocycles. The van der Waals surface area contributed by atoms with E-state index in [2.05, 4.69) is 0 Å². The first-order valence-electron chi connectivity index (χ1n) is 1.65. The Morgan fingerprint density at radius 3 is 2.50 bits per heavy atom. The number of nitrogens with zero attached hydrogens (tertiary/aromatic N) is 2. The van der Waals surface area contributed by atoms with Crippen molar-refractivity contribution in [1.29, 1.82) is 5.26 Å². The fourth-order valence-electron chi connectivity index (χ4n) is 0.112. The monoisotopic (exact) mass is 83.0 g/mol. The standard InChI is InChI=1S/C3H5N3/c4-2-1-3-6-5/h6H,1,3H2. The number of rotatable bonds is 2. The molecule has 0 fully saturated rings. The zero-order chi connectivity index (χ0) is 4.83. The lowest BCUT2D eigenvalue weighted by Gasteiger charge is -1.79. The number of nitriles is 1. The Hall–Kier alpha value is -0.590. The molecule has 0 aliphatic heterocycles. The summed E-state index contributed by atoms with van der Waals surface area (Å²) in [5, 5.41) is 7.80. The van der Waals surface area contributed by atoms with Crippen molar-refractivity contribution >= 4 is 0 Å². The molecule has 0 aliphatic rings. The van der Waals surface area contributed by atoms with E-state index >= 15 is 0 Å². The van der Waals surface area contributed by atoms with E-state index in [1.54, 1.807) is 0 Å². The van der Waals surface area contributed by atoms with Crippen LogP contribution in [0.1, 0.15) is 6.42 Å². The van der Waals surface area contributed by atoms with E-state index in [0.717, 1.165) is 0 Å². The molecule has 32 valence electrons. The van der Waals surface area contributed by atoms with Crippen LogP contribution < -0.4 is 11.3 Å². The summed E-state index contributed by atoms with van der Waals surface area (Å²) in [5.74, 6) is 7.80. The van der Waals surface area contributed by atoms with Gasteiger partial charge >= 0.3 is 0 Å². The number of hydrogen-bond donors (Lipinski definition) is 1. The van der Waals surface area contributed by atoms with Crippen molar-refractivity contribution < 1.29 is 0 Å². The van der Waals surface area contributed by atoms with Crippen molar-refractivity contribution in [2.45, 2.75) is 6.42 Å². The predicted molar refractivity (Wildman–Crippen MR) is 20.4 cm³/mol. The maximum absolute atomic E-state index is 7.80. The minimum absolute atomic E-state index is 0.358. The summed E-state index contributed by atoms with van der Waals surface area (Å²) in [6, 6.07) is 1.85. The topological polar surface area (TPSA) is 58.1 Å². The summed E-state index contributed by atoms with van der Waals surface area (Å²) >= 11 is 0. The number of hydrogen-bond acceptors (Lipinski definition) is 2. The van der Waals surface area contributed by atoms with Crippen LogP contribution in [0.2, 0.25) is 0 Å². The average molecular weight is 83.1 g/mol. The van der Waals surface area contributed by atoms with Gasteiger partial charge in [-0.05, 0) is 5.84 Å². The Morgan fingerprint density at radius 1 is 1.67 bits per heavy atom. The summed E-state index contributed by atoms with van der Waals surface area (Å²) in [6.07, 6.45) is 0.358. The van der Waals surface area contributed by atoms with Gasteiger partial charge < -0.3 is 0 Å². The molecule has 0 aliphatic carbocycles. The lowest BCUT2D eigenvalue weighted by Crippen LogP contribution is -2.09. The Morgan fingerprint density at radius 2 is 2.33 bits per heavy atom. The lowest BCUT2D eigenvalue weighted by atomic mass is 10.5. The van der Waals surface area contributed by atoms with Crippen molar-refractivity contribution in [2.75, 3.05) is 6.54 Å². The second kappa shape index (κ2) is 4.41. The molecule has 0 saturated carbocycles. The van der Waals surface area contributed by atoms with Gasteiger partial charge in [0.1, 0.15) is 0 Å². The highest BCUT2D eigenvalue weighted by atomic mass is 15.2. The van der Waals surface area contributed by atoms with Crippen LogP contribution >= 0.6 is 0 Å². The predicted octanol–water partition coefficient (Wildman–Crippen LogP) is -0.527. The molecule has 0 aromatic heterocycles. The summed E-state index contributed by atoms with van der Waals surface area (Å²) < 4.78 is 0. The minimum Gasteiger partial charge on any atom is -0.221 e. The van der Waals surface area contributed by atoms with Crippen molar-refractivity contribution in [3.8, 4) is 6.07 Å². The van der Waals surface area contributed by atoms with Crippen LogP contribution in [0.15, 0.2) is 0 Å². The van der Waals surface area contributed by atoms with E-state index in [9.17, 15) is 0 Å². The van der Waals surface area contributed by atoms with Gasteiger partial charge in [0.05, 0.1) is 6.07 Å². The molecule has 0 aromatic rings. The van der Waals surface area contributed by atoms with Crippen molar-refractivity contribution in [3.05, 3.63) is 0 Å². The van der Waals surface area contributed by atoms with E-state index in [4.69, 9.17) is 11.1 Å². The SMILES string of the molecule is [N]NCCC#N. The van der Waals surface area contributed by atoms with Gasteiger partial charge in [0.15, 0.2) is 0 Å². The molecule has 0 heterocycles. The van der Waals surface area contributed by atoms with Gasteiger partial charge in [-0.1, -0.05) is 0 Å². The Balaban J connectivity index is 2.54. The third-order valence-electron chi connectivity index (χ3n) is 0.349. The van der Waals surface area contributed by atoms with Crippen LogP contribution in [-0.2, 0) is 0 Å². The third-order valence-corrected chi connectivity index (χ3v) is 0.349. The first-order chi connectivity index (χ1) is 2.91. The second-order valence-corrected chi connectivity index (χ2v) is 0.816. The fourth-order valence-corrected chi connectivity index (χ4v) is 0.112. The molecule has 3 nitrogen and oxygen atoms in total. The lowest BCUT2D eigenvalue weighted by molar-refractivity contribution is 0.719. The van der Waals surface area contributed by atoms with E-state index < -0.39 is 0 Å². The highest BCUT2D eigenvalue weighted by Gasteiger charge is 1.73. The van der Waals surface area contributed by atoms with E-state index in [0.29, 0.717) is 13.0 Å². The molecule has 3 heteroatoms. The minimum atomic E-state index is 0.358. The summed E-state index contributed by atoms with van der Waals surface area (Å²) in [4.78, 5) is 0. The molecular weight excluding hydrogens is 78.1 g/mol. The van der Waals surface area contributed by atoms with E-state index in [-0.39, 0.29) is 0 Å². The smallest absolute Gasteiger partial charge is 0.0635 e. The Bertz CT molecular complexity index is 53.5.